The van der Waals surface area contributed by atoms with E-state index in [2.05, 4.69) is 36.5 Å². The molecule has 0 spiro atoms. The van der Waals surface area contributed by atoms with Gasteiger partial charge in [0.25, 0.3) is 0 Å². The largest absolute Gasteiger partial charge is 0.480 e. The van der Waals surface area contributed by atoms with E-state index in [9.17, 15) is 4.79 Å². The number of amides is 1. The van der Waals surface area contributed by atoms with Crippen LogP contribution in [0.15, 0.2) is 10.7 Å². The number of halogens is 1. The van der Waals surface area contributed by atoms with E-state index in [0.717, 1.165) is 23.5 Å². The van der Waals surface area contributed by atoms with Crippen LogP contribution in [0.3, 0.4) is 0 Å². The molecular weight excluding hydrogens is 439 g/mol. The Morgan fingerprint density at radius 3 is 2.71 bits per heavy atom. The van der Waals surface area contributed by atoms with Crippen molar-refractivity contribution in [2.45, 2.75) is 35.7 Å². The Balaban J connectivity index is 1.75. The Kier molecular flexibility index (Phi) is 4.98. The Morgan fingerprint density at radius 2 is 2.14 bits per heavy atom. The number of carbonyl (C=O) groups is 1. The quantitative estimate of drug-likeness (QED) is 0.647. The highest BCUT2D eigenvalue weighted by Gasteiger charge is 2.53. The lowest BCUT2D eigenvalue weighted by Crippen LogP contribution is -2.47. The molecule has 1 unspecified atom stereocenters. The summed E-state index contributed by atoms with van der Waals surface area (Å²) in [5.41, 5.74) is -0.423. The molecule has 2 aromatic rings. The molecule has 1 atom stereocenters. The highest BCUT2D eigenvalue weighted by atomic mass is 79.9. The van der Waals surface area contributed by atoms with Crippen molar-refractivity contribution in [1.29, 1.82) is 0 Å². The molecule has 1 aliphatic heterocycles. The molecule has 2 aromatic heterocycles. The zero-order valence-corrected chi connectivity index (χ0v) is 17.6. The van der Waals surface area contributed by atoms with Crippen LogP contribution < -0.4 is 15.4 Å². The topological polar surface area (TPSA) is 89.0 Å². The van der Waals surface area contributed by atoms with E-state index in [-0.39, 0.29) is 5.91 Å². The molecule has 28 heavy (non-hydrogen) atoms. The lowest BCUT2D eigenvalue weighted by atomic mass is 9.32. The molecule has 1 aliphatic carbocycles. The Bertz CT molecular complexity index is 933. The van der Waals surface area contributed by atoms with Gasteiger partial charge >= 0.3 is 0 Å². The van der Waals surface area contributed by atoms with Crippen molar-refractivity contribution in [2.24, 2.45) is 0 Å². The van der Waals surface area contributed by atoms with Gasteiger partial charge in [-0.05, 0) is 35.2 Å². The molecule has 138 valence electrons. The summed E-state index contributed by atoms with van der Waals surface area (Å²) in [5.74, 6) is 0.784. The molecular formula is C16H15B3BrN5O2S. The first-order chi connectivity index (χ1) is 13.3. The third-order valence-electron chi connectivity index (χ3n) is 5.03. The van der Waals surface area contributed by atoms with Crippen molar-refractivity contribution in [2.75, 3.05) is 19.0 Å². The fourth-order valence-corrected chi connectivity index (χ4v) is 5.02. The molecule has 2 N–H and O–H groups in total. The van der Waals surface area contributed by atoms with Gasteiger partial charge in [-0.25, -0.2) is 9.97 Å². The normalized spacial score (nSPS) is 22.1. The van der Waals surface area contributed by atoms with Gasteiger partial charge in [-0.2, -0.15) is 4.98 Å². The third-order valence-corrected chi connectivity index (χ3v) is 6.72. The van der Waals surface area contributed by atoms with Gasteiger partial charge in [0.1, 0.15) is 10.0 Å². The van der Waals surface area contributed by atoms with Gasteiger partial charge in [-0.15, -0.1) is 5.11 Å². The second-order valence-corrected chi connectivity index (χ2v) is 8.88. The fraction of sp³-hybridized carbons (Fsp3) is 0.500. The molecule has 4 rings (SSSR count). The Labute approximate surface area is 179 Å². The van der Waals surface area contributed by atoms with E-state index < -0.39 is 10.5 Å². The SMILES string of the molecule is [B]C([B])([B])C1(c2nc(C3CC3)c(Nc3ncc(Br)c(OC)n3)s2)CCNC1=O. The molecule has 1 saturated carbocycles. The summed E-state index contributed by atoms with van der Waals surface area (Å²) in [7, 11) is 19.7. The second kappa shape index (κ2) is 7.05. The van der Waals surface area contributed by atoms with Crippen molar-refractivity contribution in [3.05, 3.63) is 21.4 Å². The van der Waals surface area contributed by atoms with E-state index in [0.29, 0.717) is 40.2 Å². The van der Waals surface area contributed by atoms with Crippen molar-refractivity contribution in [3.63, 3.8) is 0 Å². The number of ether oxygens (including phenoxy) is 1. The number of thiazole rings is 1. The number of rotatable bonds is 6. The smallest absolute Gasteiger partial charge is 0.232 e. The number of nitrogens with one attached hydrogen (secondary N) is 2. The molecule has 0 aromatic carbocycles. The summed E-state index contributed by atoms with van der Waals surface area (Å²) in [6.07, 6.45) is 4.04. The van der Waals surface area contributed by atoms with Crippen LogP contribution in [0.25, 0.3) is 0 Å². The zero-order valence-electron chi connectivity index (χ0n) is 15.2. The molecule has 6 radical (unpaired) electrons. The number of hydrogen-bond donors (Lipinski definition) is 2. The van der Waals surface area contributed by atoms with Crippen LogP contribution in [0, 0.1) is 0 Å². The van der Waals surface area contributed by atoms with E-state index in [1.54, 1.807) is 6.20 Å². The maximum atomic E-state index is 12.7. The number of aromatic nitrogens is 3. The highest BCUT2D eigenvalue weighted by Crippen LogP contribution is 2.52. The summed E-state index contributed by atoms with van der Waals surface area (Å²) in [5, 5.41) is 5.51. The van der Waals surface area contributed by atoms with Gasteiger partial charge in [0.05, 0.1) is 52.4 Å². The van der Waals surface area contributed by atoms with E-state index in [4.69, 9.17) is 33.3 Å². The molecule has 12 heteroatoms. The Hall–Kier alpha value is -1.55. The van der Waals surface area contributed by atoms with Gasteiger partial charge in [0, 0.05) is 12.5 Å². The van der Waals surface area contributed by atoms with E-state index in [1.807, 2.05) is 0 Å². The van der Waals surface area contributed by atoms with Crippen LogP contribution in [0.1, 0.15) is 35.9 Å². The summed E-state index contributed by atoms with van der Waals surface area (Å²) >= 11 is 4.65. The average molecular weight is 454 g/mol. The molecule has 1 saturated heterocycles. The van der Waals surface area contributed by atoms with Gasteiger partial charge in [0.2, 0.25) is 17.7 Å². The molecule has 3 heterocycles. The third kappa shape index (κ3) is 3.24. The predicted octanol–water partition coefficient (Wildman–Crippen LogP) is 1.66. The van der Waals surface area contributed by atoms with Crippen LogP contribution in [-0.4, -0.2) is 58.1 Å². The van der Waals surface area contributed by atoms with Crippen molar-refractivity contribution >= 4 is 67.7 Å². The minimum Gasteiger partial charge on any atom is -0.480 e. The summed E-state index contributed by atoms with van der Waals surface area (Å²) < 4.78 is 5.87. The average Bonchev–Trinajstić information content (AvgIpc) is 3.27. The van der Waals surface area contributed by atoms with Gasteiger partial charge < -0.3 is 15.4 Å². The molecule has 0 bridgehead atoms. The van der Waals surface area contributed by atoms with Crippen LogP contribution in [0.4, 0.5) is 10.9 Å². The minimum atomic E-state index is -1.74. The maximum absolute atomic E-state index is 12.7. The van der Waals surface area contributed by atoms with Crippen LogP contribution in [0.2, 0.25) is 5.11 Å². The lowest BCUT2D eigenvalue weighted by Gasteiger charge is -2.39. The minimum absolute atomic E-state index is 0.302. The van der Waals surface area contributed by atoms with E-state index in [1.165, 1.54) is 18.4 Å². The number of nitrogens with zero attached hydrogens (tertiary/aromatic N) is 3. The van der Waals surface area contributed by atoms with Gasteiger partial charge in [0.15, 0.2) is 0 Å². The van der Waals surface area contributed by atoms with E-state index >= 15 is 0 Å². The standard InChI is InChI=1S/C16H15B3BrN5O2S/c1-27-10-8(20)6-22-14(24-10)25-11-9(7-2-3-7)23-13(28-11)15(16(17,18)19)4-5-21-12(15)26/h6-7H,2-5H2,1H3,(H,21,26)(H,22,24,25). The zero-order chi connectivity index (χ0) is 20.1. The van der Waals surface area contributed by atoms with Crippen LogP contribution in [0.5, 0.6) is 5.88 Å². The number of anilines is 2. The molecule has 1 amide bonds. The summed E-state index contributed by atoms with van der Waals surface area (Å²) in [6, 6.07) is 0. The highest BCUT2D eigenvalue weighted by molar-refractivity contribution is 9.10. The lowest BCUT2D eigenvalue weighted by molar-refractivity contribution is -0.123. The van der Waals surface area contributed by atoms with Crippen molar-refractivity contribution in [1.82, 2.24) is 20.3 Å². The first-order valence-corrected chi connectivity index (χ1v) is 10.4. The second-order valence-electron chi connectivity index (χ2n) is 7.03. The summed E-state index contributed by atoms with van der Waals surface area (Å²) in [4.78, 5) is 26.0. The Morgan fingerprint density at radius 1 is 1.39 bits per heavy atom. The first kappa shape index (κ1) is 19.8. The molecule has 7 nitrogen and oxygen atoms in total. The summed E-state index contributed by atoms with van der Waals surface area (Å²) in [6.45, 7) is 0.445. The molecule has 2 fully saturated rings. The van der Waals surface area contributed by atoms with Crippen LogP contribution >= 0.6 is 27.3 Å². The van der Waals surface area contributed by atoms with Crippen LogP contribution in [-0.2, 0) is 10.2 Å². The fourth-order valence-electron chi connectivity index (χ4n) is 3.32. The monoisotopic (exact) mass is 453 g/mol. The van der Waals surface area contributed by atoms with Gasteiger partial charge in [-0.3, -0.25) is 4.79 Å². The van der Waals surface area contributed by atoms with Crippen molar-refractivity contribution < 1.29 is 9.53 Å². The number of carbonyl (C=O) groups excluding carboxylic acids is 1. The molecule has 2 aliphatic rings. The maximum Gasteiger partial charge on any atom is 0.232 e. The van der Waals surface area contributed by atoms with Gasteiger partial charge in [-0.1, -0.05) is 11.3 Å². The number of hydrogen-bond acceptors (Lipinski definition) is 7. The first-order valence-electron chi connectivity index (χ1n) is 8.76. The van der Waals surface area contributed by atoms with Crippen molar-refractivity contribution in [3.8, 4) is 5.88 Å². The predicted molar refractivity (Wildman–Crippen MR) is 113 cm³/mol. The number of methoxy groups -OCH3 is 1.